The fraction of sp³-hybridized carbons (Fsp3) is 0.435. The summed E-state index contributed by atoms with van der Waals surface area (Å²) < 4.78 is 76.5. The van der Waals surface area contributed by atoms with Crippen LogP contribution in [-0.4, -0.2) is 58.5 Å². The monoisotopic (exact) mass is 514 g/mol. The zero-order chi connectivity index (χ0) is 25.4. The molecule has 0 spiro atoms. The lowest BCUT2D eigenvalue weighted by molar-refractivity contribution is -0.137. The molecule has 2 aromatic carbocycles. The van der Waals surface area contributed by atoms with Gasteiger partial charge >= 0.3 is 6.18 Å². The number of carbonyl (C=O) groups is 1. The number of alkyl halides is 3. The number of sulfonamides is 1. The predicted octanol–water partition coefficient (Wildman–Crippen LogP) is 2.98. The van der Waals surface area contributed by atoms with E-state index in [4.69, 9.17) is 5.14 Å². The molecule has 2 N–H and O–H groups in total. The first-order valence-electron chi connectivity index (χ1n) is 11.2. The number of halogens is 4. The van der Waals surface area contributed by atoms with Crippen molar-refractivity contribution in [3.63, 3.8) is 0 Å². The maximum atomic E-state index is 14.3. The molecule has 2 aliphatic heterocycles. The Balaban J connectivity index is 1.46. The van der Waals surface area contributed by atoms with Gasteiger partial charge in [0.15, 0.2) is 0 Å². The van der Waals surface area contributed by atoms with Gasteiger partial charge in [0.2, 0.25) is 15.9 Å². The van der Waals surface area contributed by atoms with Crippen molar-refractivity contribution in [1.29, 1.82) is 0 Å². The molecule has 2 fully saturated rings. The number of hydrogen-bond acceptors (Lipinski definition) is 5. The van der Waals surface area contributed by atoms with Gasteiger partial charge in [-0.25, -0.2) is 17.9 Å². The first-order valence-corrected chi connectivity index (χ1v) is 12.8. The zero-order valence-electron chi connectivity index (χ0n) is 18.9. The van der Waals surface area contributed by atoms with Gasteiger partial charge in [0.25, 0.3) is 0 Å². The Morgan fingerprint density at radius 1 is 0.886 bits per heavy atom. The fourth-order valence-electron chi connectivity index (χ4n) is 4.56. The number of piperazine rings is 1. The molecule has 2 aliphatic rings. The molecule has 2 heterocycles. The maximum Gasteiger partial charge on any atom is 0.416 e. The van der Waals surface area contributed by atoms with Crippen LogP contribution in [-0.2, 0) is 27.4 Å². The Morgan fingerprint density at radius 2 is 1.49 bits per heavy atom. The van der Waals surface area contributed by atoms with Crippen molar-refractivity contribution < 1.29 is 30.8 Å². The van der Waals surface area contributed by atoms with Gasteiger partial charge in [0, 0.05) is 45.0 Å². The van der Waals surface area contributed by atoms with Crippen LogP contribution in [0.5, 0.6) is 0 Å². The van der Waals surface area contributed by atoms with E-state index in [1.165, 1.54) is 12.1 Å². The van der Waals surface area contributed by atoms with E-state index >= 15 is 0 Å². The van der Waals surface area contributed by atoms with Crippen LogP contribution in [0.4, 0.5) is 28.9 Å². The van der Waals surface area contributed by atoms with Crippen LogP contribution in [0.3, 0.4) is 0 Å². The SMILES string of the molecule is NS(=O)(=O)c1ccc(N2CCCC2)c(CC(=O)N2CCN(c3ccc(C(F)(F)F)cc3F)CC2)c1. The van der Waals surface area contributed by atoms with Gasteiger partial charge in [0.1, 0.15) is 5.82 Å². The van der Waals surface area contributed by atoms with Gasteiger partial charge in [-0.1, -0.05) is 0 Å². The summed E-state index contributed by atoms with van der Waals surface area (Å²) >= 11 is 0. The van der Waals surface area contributed by atoms with Crippen molar-refractivity contribution >= 4 is 27.3 Å². The van der Waals surface area contributed by atoms with E-state index in [0.29, 0.717) is 11.6 Å². The topological polar surface area (TPSA) is 86.9 Å². The highest BCUT2D eigenvalue weighted by atomic mass is 32.2. The Bertz CT molecular complexity index is 1210. The van der Waals surface area contributed by atoms with E-state index in [1.54, 1.807) is 15.9 Å². The van der Waals surface area contributed by atoms with Crippen LogP contribution >= 0.6 is 0 Å². The highest BCUT2D eigenvalue weighted by Crippen LogP contribution is 2.33. The molecule has 0 aliphatic carbocycles. The summed E-state index contributed by atoms with van der Waals surface area (Å²) in [7, 11) is -3.94. The molecule has 0 atom stereocenters. The van der Waals surface area contributed by atoms with E-state index in [9.17, 15) is 30.8 Å². The zero-order valence-corrected chi connectivity index (χ0v) is 19.7. The summed E-state index contributed by atoms with van der Waals surface area (Å²) in [6, 6.07) is 6.98. The summed E-state index contributed by atoms with van der Waals surface area (Å²) in [5.41, 5.74) is 0.374. The lowest BCUT2D eigenvalue weighted by Gasteiger charge is -2.36. The molecule has 4 rings (SSSR count). The van der Waals surface area contributed by atoms with E-state index in [1.807, 2.05) is 0 Å². The largest absolute Gasteiger partial charge is 0.416 e. The van der Waals surface area contributed by atoms with E-state index in [2.05, 4.69) is 4.90 Å². The van der Waals surface area contributed by atoms with Gasteiger partial charge < -0.3 is 14.7 Å². The number of anilines is 2. The van der Waals surface area contributed by atoms with E-state index < -0.39 is 27.6 Å². The van der Waals surface area contributed by atoms with Crippen LogP contribution in [0.25, 0.3) is 0 Å². The van der Waals surface area contributed by atoms with Crippen molar-refractivity contribution in [1.82, 2.24) is 4.90 Å². The third-order valence-electron chi connectivity index (χ3n) is 6.42. The summed E-state index contributed by atoms with van der Waals surface area (Å²) in [6.45, 7) is 2.65. The lowest BCUT2D eigenvalue weighted by Crippen LogP contribution is -2.49. The van der Waals surface area contributed by atoms with E-state index in [-0.39, 0.29) is 49.1 Å². The second kappa shape index (κ2) is 9.65. The van der Waals surface area contributed by atoms with Crippen LogP contribution in [0.15, 0.2) is 41.3 Å². The van der Waals surface area contributed by atoms with Crippen molar-refractivity contribution in [2.24, 2.45) is 5.14 Å². The van der Waals surface area contributed by atoms with Crippen molar-refractivity contribution in [2.45, 2.75) is 30.3 Å². The molecular formula is C23H26F4N4O3S. The smallest absolute Gasteiger partial charge is 0.371 e. The number of benzene rings is 2. The van der Waals surface area contributed by atoms with Crippen LogP contribution in [0, 0.1) is 5.82 Å². The van der Waals surface area contributed by atoms with Gasteiger partial charge in [-0.05, 0) is 54.8 Å². The summed E-state index contributed by atoms with van der Waals surface area (Å²) in [6.07, 6.45) is -2.64. The second-order valence-electron chi connectivity index (χ2n) is 8.74. The third-order valence-corrected chi connectivity index (χ3v) is 7.33. The molecule has 0 radical (unpaired) electrons. The van der Waals surface area contributed by atoms with E-state index in [0.717, 1.165) is 43.8 Å². The number of carbonyl (C=O) groups excluding carboxylic acids is 1. The number of nitrogens with zero attached hydrogens (tertiary/aromatic N) is 3. The van der Waals surface area contributed by atoms with Gasteiger partial charge in [-0.2, -0.15) is 13.2 Å². The molecule has 35 heavy (non-hydrogen) atoms. The molecule has 7 nitrogen and oxygen atoms in total. The average molecular weight is 515 g/mol. The first kappa shape index (κ1) is 25.2. The summed E-state index contributed by atoms with van der Waals surface area (Å²) in [5.74, 6) is -1.18. The van der Waals surface area contributed by atoms with Crippen molar-refractivity contribution in [3.05, 3.63) is 53.3 Å². The van der Waals surface area contributed by atoms with Crippen LogP contribution < -0.4 is 14.9 Å². The molecule has 1 amide bonds. The Kier molecular flexibility index (Phi) is 6.96. The standard InChI is InChI=1S/C23H26F4N4O3S/c24-19-15-17(23(25,26)27)3-5-21(19)30-9-11-31(12-10-30)22(32)14-16-13-18(35(28,33)34)4-6-20(16)29-7-1-2-8-29/h3-6,13,15H,1-2,7-12,14H2,(H2,28,33,34). The molecule has 0 unspecified atom stereocenters. The minimum Gasteiger partial charge on any atom is -0.371 e. The number of nitrogens with two attached hydrogens (primary N) is 1. The molecule has 0 aromatic heterocycles. The van der Waals surface area contributed by atoms with Crippen LogP contribution in [0.1, 0.15) is 24.0 Å². The average Bonchev–Trinajstić information content (AvgIpc) is 3.32. The Labute approximate surface area is 201 Å². The highest BCUT2D eigenvalue weighted by Gasteiger charge is 2.32. The molecule has 190 valence electrons. The van der Waals surface area contributed by atoms with Crippen LogP contribution in [0.2, 0.25) is 0 Å². The van der Waals surface area contributed by atoms with Gasteiger partial charge in [-0.15, -0.1) is 0 Å². The highest BCUT2D eigenvalue weighted by molar-refractivity contribution is 7.89. The number of amides is 1. The Hall–Kier alpha value is -2.86. The van der Waals surface area contributed by atoms with Gasteiger partial charge in [0.05, 0.1) is 22.6 Å². The minimum absolute atomic E-state index is 0.0240. The third kappa shape index (κ3) is 5.69. The molecular weight excluding hydrogens is 488 g/mol. The lowest BCUT2D eigenvalue weighted by atomic mass is 10.1. The molecule has 0 saturated carbocycles. The maximum absolute atomic E-state index is 14.3. The number of hydrogen-bond donors (Lipinski definition) is 1. The molecule has 0 bridgehead atoms. The number of primary sulfonamides is 1. The molecule has 2 aromatic rings. The summed E-state index contributed by atoms with van der Waals surface area (Å²) in [5, 5.41) is 5.28. The van der Waals surface area contributed by atoms with Crippen molar-refractivity contribution in [2.75, 3.05) is 49.1 Å². The summed E-state index contributed by atoms with van der Waals surface area (Å²) in [4.78, 5) is 18.3. The molecule has 2 saturated heterocycles. The minimum atomic E-state index is -4.63. The second-order valence-corrected chi connectivity index (χ2v) is 10.3. The first-order chi connectivity index (χ1) is 16.4. The quantitative estimate of drug-likeness (QED) is 0.620. The van der Waals surface area contributed by atoms with Gasteiger partial charge in [-0.3, -0.25) is 4.79 Å². The fourth-order valence-corrected chi connectivity index (χ4v) is 5.12. The Morgan fingerprint density at radius 3 is 2.06 bits per heavy atom. The molecule has 12 heteroatoms. The number of rotatable bonds is 5. The van der Waals surface area contributed by atoms with Crippen molar-refractivity contribution in [3.8, 4) is 0 Å². The normalized spacial score (nSPS) is 17.2. The predicted molar refractivity (Wildman–Crippen MR) is 123 cm³/mol.